The number of esters is 1. The lowest BCUT2D eigenvalue weighted by Gasteiger charge is -2.18. The first-order chi connectivity index (χ1) is 10.0. The molecule has 0 saturated carbocycles. The van der Waals surface area contributed by atoms with Gasteiger partial charge in [-0.3, -0.25) is 14.2 Å². The Balaban J connectivity index is 3.01. The van der Waals surface area contributed by atoms with E-state index in [4.69, 9.17) is 14.9 Å². The Kier molecular flexibility index (Phi) is 5.39. The van der Waals surface area contributed by atoms with Crippen molar-refractivity contribution in [3.05, 3.63) is 35.4 Å². The molecule has 1 atom stereocenters. The van der Waals surface area contributed by atoms with E-state index in [2.05, 4.69) is 4.74 Å². The van der Waals surface area contributed by atoms with Crippen LogP contribution in [-0.2, 0) is 31.0 Å². The number of hydrogen-bond donors (Lipinski definition) is 3. The van der Waals surface area contributed by atoms with Crippen LogP contribution >= 0.6 is 7.60 Å². The van der Waals surface area contributed by atoms with Crippen LogP contribution in [0.3, 0.4) is 0 Å². The third kappa shape index (κ3) is 3.88. The summed E-state index contributed by atoms with van der Waals surface area (Å²) in [5.41, 5.74) is -5.03. The lowest BCUT2D eigenvalue weighted by atomic mass is 9.98. The van der Waals surface area contributed by atoms with Crippen molar-refractivity contribution in [1.82, 2.24) is 0 Å². The zero-order valence-electron chi connectivity index (χ0n) is 11.3. The number of halogens is 2. The molecule has 1 aromatic carbocycles. The Morgan fingerprint density at radius 1 is 1.27 bits per heavy atom. The number of aliphatic carboxylic acids is 1. The number of carboxylic acids is 1. The smallest absolute Gasteiger partial charge is 0.399 e. The molecular formula is C12H13F2O7P. The van der Waals surface area contributed by atoms with Crippen molar-refractivity contribution in [2.45, 2.75) is 12.1 Å². The van der Waals surface area contributed by atoms with E-state index in [0.29, 0.717) is 0 Å². The number of carbonyl (C=O) groups excluding carboxylic acids is 1. The third-order valence-electron chi connectivity index (χ3n) is 2.89. The molecule has 0 fully saturated rings. The van der Waals surface area contributed by atoms with Gasteiger partial charge in [0.2, 0.25) is 0 Å². The van der Waals surface area contributed by atoms with E-state index in [1.807, 2.05) is 0 Å². The third-order valence-corrected chi connectivity index (χ3v) is 3.88. The highest BCUT2D eigenvalue weighted by Gasteiger charge is 2.50. The van der Waals surface area contributed by atoms with E-state index in [1.54, 1.807) is 0 Å². The van der Waals surface area contributed by atoms with Crippen LogP contribution in [0.1, 0.15) is 11.1 Å². The zero-order valence-corrected chi connectivity index (χ0v) is 12.2. The molecule has 0 saturated heterocycles. The minimum atomic E-state index is -5.67. The van der Waals surface area contributed by atoms with Gasteiger partial charge in [-0.1, -0.05) is 24.3 Å². The molecule has 1 aromatic rings. The molecule has 0 aliphatic rings. The molecule has 1 rings (SSSR count). The first-order valence-electron chi connectivity index (χ1n) is 5.84. The average Bonchev–Trinajstić information content (AvgIpc) is 2.43. The maximum atomic E-state index is 13.4. The van der Waals surface area contributed by atoms with Crippen molar-refractivity contribution >= 4 is 19.5 Å². The molecule has 0 aliphatic heterocycles. The SMILES string of the molecule is COC(=O)C(Cc1ccc(C(F)(F)P(=O)(O)O)cc1)C(=O)O. The van der Waals surface area contributed by atoms with Gasteiger partial charge in [0.05, 0.1) is 7.11 Å². The standard InChI is InChI=1S/C12H13F2O7P/c1-21-11(17)9(10(15)16)6-7-2-4-8(5-3-7)12(13,14)22(18,19)20/h2-5,9H,6H2,1H3,(H,15,16)(H2,18,19,20). The van der Waals surface area contributed by atoms with Gasteiger partial charge in [0.15, 0.2) is 5.92 Å². The first kappa shape index (κ1) is 18.2. The van der Waals surface area contributed by atoms with Crippen molar-refractivity contribution in [3.8, 4) is 0 Å². The maximum Gasteiger partial charge on any atom is 0.399 e. The van der Waals surface area contributed by atoms with Crippen LogP contribution in [0, 0.1) is 5.92 Å². The summed E-state index contributed by atoms with van der Waals surface area (Å²) in [7, 11) is -4.66. The van der Waals surface area contributed by atoms with Crippen molar-refractivity contribution in [2.24, 2.45) is 5.92 Å². The maximum absolute atomic E-state index is 13.4. The minimum Gasteiger partial charge on any atom is -0.481 e. The normalized spacial score (nSPS) is 13.5. The van der Waals surface area contributed by atoms with Gasteiger partial charge in [-0.05, 0) is 12.0 Å². The minimum absolute atomic E-state index is 0.225. The molecule has 0 heterocycles. The number of hydrogen-bond acceptors (Lipinski definition) is 4. The fourth-order valence-corrected chi connectivity index (χ4v) is 2.14. The molecular weight excluding hydrogens is 325 g/mol. The van der Waals surface area contributed by atoms with Gasteiger partial charge in [-0.2, -0.15) is 8.78 Å². The summed E-state index contributed by atoms with van der Waals surface area (Å²) in [4.78, 5) is 39.5. The molecule has 0 bridgehead atoms. The van der Waals surface area contributed by atoms with E-state index >= 15 is 0 Å². The second-order valence-corrected chi connectivity index (χ2v) is 6.05. The van der Waals surface area contributed by atoms with E-state index < -0.39 is 36.7 Å². The molecule has 22 heavy (non-hydrogen) atoms. The van der Waals surface area contributed by atoms with E-state index in [1.165, 1.54) is 0 Å². The summed E-state index contributed by atoms with van der Waals surface area (Å²) >= 11 is 0. The van der Waals surface area contributed by atoms with Crippen LogP contribution in [0.2, 0.25) is 0 Å². The summed E-state index contributed by atoms with van der Waals surface area (Å²) in [5, 5.41) is 8.90. The quantitative estimate of drug-likeness (QED) is 0.406. The molecule has 122 valence electrons. The second kappa shape index (κ2) is 6.51. The fraction of sp³-hybridized carbons (Fsp3) is 0.333. The molecule has 0 aromatic heterocycles. The monoisotopic (exact) mass is 338 g/mol. The molecule has 0 amide bonds. The Labute approximate surface area is 123 Å². The molecule has 0 radical (unpaired) electrons. The van der Waals surface area contributed by atoms with Gasteiger partial charge in [-0.15, -0.1) is 0 Å². The summed E-state index contributed by atoms with van der Waals surface area (Å²) < 4.78 is 41.9. The van der Waals surface area contributed by atoms with Crippen LogP contribution in [0.4, 0.5) is 8.78 Å². The Hall–Kier alpha value is -1.83. The van der Waals surface area contributed by atoms with Gasteiger partial charge >= 0.3 is 25.2 Å². The number of ether oxygens (including phenoxy) is 1. The first-order valence-corrected chi connectivity index (χ1v) is 7.45. The molecule has 0 spiro atoms. The van der Waals surface area contributed by atoms with Crippen LogP contribution < -0.4 is 0 Å². The number of alkyl halides is 2. The number of rotatable bonds is 6. The van der Waals surface area contributed by atoms with E-state index in [0.717, 1.165) is 31.4 Å². The highest BCUT2D eigenvalue weighted by Crippen LogP contribution is 2.59. The van der Waals surface area contributed by atoms with Crippen molar-refractivity contribution in [3.63, 3.8) is 0 Å². The van der Waals surface area contributed by atoms with Crippen LogP contribution in [0.5, 0.6) is 0 Å². The largest absolute Gasteiger partial charge is 0.481 e. The number of methoxy groups -OCH3 is 1. The Bertz CT molecular complexity index is 608. The van der Waals surface area contributed by atoms with Crippen molar-refractivity contribution in [2.75, 3.05) is 7.11 Å². The van der Waals surface area contributed by atoms with Gasteiger partial charge in [-0.25, -0.2) is 0 Å². The molecule has 0 aliphatic carbocycles. The zero-order chi connectivity index (χ0) is 17.1. The highest BCUT2D eigenvalue weighted by atomic mass is 31.2. The number of benzene rings is 1. The predicted molar refractivity (Wildman–Crippen MR) is 69.2 cm³/mol. The second-order valence-electron chi connectivity index (χ2n) is 4.40. The molecule has 3 N–H and O–H groups in total. The average molecular weight is 338 g/mol. The summed E-state index contributed by atoms with van der Waals surface area (Å²) in [6, 6.07) is 3.67. The summed E-state index contributed by atoms with van der Waals surface area (Å²) in [5.74, 6) is -3.92. The lowest BCUT2D eigenvalue weighted by molar-refractivity contribution is -0.156. The summed E-state index contributed by atoms with van der Waals surface area (Å²) in [6.45, 7) is 0. The van der Waals surface area contributed by atoms with Gasteiger partial charge < -0.3 is 19.6 Å². The van der Waals surface area contributed by atoms with Crippen LogP contribution in [0.15, 0.2) is 24.3 Å². The topological polar surface area (TPSA) is 121 Å². The Morgan fingerprint density at radius 2 is 1.77 bits per heavy atom. The fourth-order valence-electron chi connectivity index (χ4n) is 1.66. The number of carbonyl (C=O) groups is 2. The highest BCUT2D eigenvalue weighted by molar-refractivity contribution is 7.52. The van der Waals surface area contributed by atoms with Crippen LogP contribution in [-0.4, -0.2) is 33.9 Å². The van der Waals surface area contributed by atoms with E-state index in [9.17, 15) is 22.9 Å². The number of carboxylic acid groups (broad SMARTS) is 1. The van der Waals surface area contributed by atoms with Gasteiger partial charge in [0.1, 0.15) is 0 Å². The van der Waals surface area contributed by atoms with Gasteiger partial charge in [0.25, 0.3) is 0 Å². The summed E-state index contributed by atoms with van der Waals surface area (Å²) in [6.07, 6.45) is -0.302. The van der Waals surface area contributed by atoms with Crippen molar-refractivity contribution < 1.29 is 42.6 Å². The van der Waals surface area contributed by atoms with Gasteiger partial charge in [0, 0.05) is 5.56 Å². The lowest BCUT2D eigenvalue weighted by Crippen LogP contribution is -2.27. The molecule has 10 heteroatoms. The van der Waals surface area contributed by atoms with Crippen molar-refractivity contribution in [1.29, 1.82) is 0 Å². The van der Waals surface area contributed by atoms with E-state index in [-0.39, 0.29) is 12.0 Å². The predicted octanol–water partition coefficient (Wildman–Crippen LogP) is 1.33. The molecule has 1 unspecified atom stereocenters. The molecule has 7 nitrogen and oxygen atoms in total. The van der Waals surface area contributed by atoms with Crippen LogP contribution in [0.25, 0.3) is 0 Å². The Morgan fingerprint density at radius 3 is 2.14 bits per heavy atom.